The van der Waals surface area contributed by atoms with E-state index in [4.69, 9.17) is 0 Å². The lowest BCUT2D eigenvalue weighted by Crippen LogP contribution is -2.23. The van der Waals surface area contributed by atoms with Gasteiger partial charge >= 0.3 is 0 Å². The average Bonchev–Trinajstić information content (AvgIpc) is 2.60. The Labute approximate surface area is 115 Å². The van der Waals surface area contributed by atoms with E-state index < -0.39 is 0 Å². The number of nitrogens with zero attached hydrogens (tertiary/aromatic N) is 2. The third-order valence-corrected chi connectivity index (χ3v) is 3.76. The largest absolute Gasteiger partial charge is 0.293 e. The van der Waals surface area contributed by atoms with Crippen LogP contribution in [0.2, 0.25) is 0 Å². The Bertz CT molecular complexity index is 563. The summed E-state index contributed by atoms with van der Waals surface area (Å²) >= 11 is 0. The van der Waals surface area contributed by atoms with Crippen LogP contribution in [0.25, 0.3) is 0 Å². The Kier molecular flexibility index (Phi) is 3.60. The monoisotopic (exact) mass is 252 g/mol. The van der Waals surface area contributed by atoms with Crippen LogP contribution in [0.3, 0.4) is 0 Å². The van der Waals surface area contributed by atoms with Crippen LogP contribution in [-0.4, -0.2) is 16.4 Å². The summed E-state index contributed by atoms with van der Waals surface area (Å²) in [5.74, 6) is 0. The summed E-state index contributed by atoms with van der Waals surface area (Å²) in [6.07, 6.45) is 2.44. The van der Waals surface area contributed by atoms with E-state index in [-0.39, 0.29) is 0 Å². The van der Waals surface area contributed by atoms with Gasteiger partial charge in [0.25, 0.3) is 0 Å². The highest BCUT2D eigenvalue weighted by Gasteiger charge is 2.14. The normalized spacial score (nSPS) is 15.8. The van der Waals surface area contributed by atoms with Gasteiger partial charge in [0.05, 0.1) is 5.69 Å². The van der Waals surface area contributed by atoms with E-state index in [9.17, 15) is 0 Å². The highest BCUT2D eigenvalue weighted by molar-refractivity contribution is 5.28. The number of aromatic nitrogens is 1. The lowest BCUT2D eigenvalue weighted by atomic mass is 10.0. The second-order valence-electron chi connectivity index (χ2n) is 5.35. The number of benzene rings is 1. The van der Waals surface area contributed by atoms with Crippen molar-refractivity contribution in [2.45, 2.75) is 32.9 Å². The number of fused-ring (bicyclic) bond motifs is 1. The molecule has 1 aliphatic rings. The zero-order valence-electron chi connectivity index (χ0n) is 11.5. The van der Waals surface area contributed by atoms with E-state index in [1.807, 2.05) is 0 Å². The molecule has 0 amide bonds. The van der Waals surface area contributed by atoms with Gasteiger partial charge < -0.3 is 0 Å². The van der Waals surface area contributed by atoms with Crippen molar-refractivity contribution in [2.75, 3.05) is 6.54 Å². The first-order valence-electron chi connectivity index (χ1n) is 7.03. The molecule has 1 aliphatic heterocycles. The van der Waals surface area contributed by atoms with Crippen molar-refractivity contribution in [3.63, 3.8) is 0 Å². The van der Waals surface area contributed by atoms with Crippen molar-refractivity contribution in [1.82, 2.24) is 9.88 Å². The van der Waals surface area contributed by atoms with Gasteiger partial charge in [-0.1, -0.05) is 30.3 Å². The molecule has 0 fully saturated rings. The molecule has 0 bridgehead atoms. The van der Waals surface area contributed by atoms with Crippen LogP contribution in [-0.2, 0) is 19.5 Å². The molecule has 0 aliphatic carbocycles. The van der Waals surface area contributed by atoms with Gasteiger partial charge in [-0.15, -0.1) is 0 Å². The maximum Gasteiger partial charge on any atom is 0.0547 e. The first-order chi connectivity index (χ1) is 9.31. The quantitative estimate of drug-likeness (QED) is 0.815. The van der Waals surface area contributed by atoms with Crippen LogP contribution in [0.1, 0.15) is 28.9 Å². The van der Waals surface area contributed by atoms with Crippen LogP contribution in [0.15, 0.2) is 42.5 Å². The molecule has 3 rings (SSSR count). The molecule has 0 spiro atoms. The molecule has 0 radical (unpaired) electrons. The molecule has 2 heterocycles. The molecule has 2 aromatic rings. The summed E-state index contributed by atoms with van der Waals surface area (Å²) in [4.78, 5) is 7.12. The second-order valence-corrected chi connectivity index (χ2v) is 5.35. The lowest BCUT2D eigenvalue weighted by molar-refractivity contribution is 0.258. The topological polar surface area (TPSA) is 16.1 Å². The number of rotatable bonds is 2. The van der Waals surface area contributed by atoms with Gasteiger partial charge in [0.15, 0.2) is 0 Å². The number of hydrogen-bond donors (Lipinski definition) is 0. The molecular weight excluding hydrogens is 232 g/mol. The summed E-state index contributed by atoms with van der Waals surface area (Å²) in [6, 6.07) is 15.1. The van der Waals surface area contributed by atoms with Gasteiger partial charge in [-0.3, -0.25) is 9.88 Å². The Hall–Kier alpha value is -1.67. The van der Waals surface area contributed by atoms with E-state index >= 15 is 0 Å². The summed E-state index contributed by atoms with van der Waals surface area (Å²) in [5.41, 5.74) is 5.28. The molecule has 0 saturated carbocycles. The highest BCUT2D eigenvalue weighted by Crippen LogP contribution is 2.19. The maximum atomic E-state index is 4.61. The fraction of sp³-hybridized carbons (Fsp3) is 0.353. The van der Waals surface area contributed by atoms with Crippen molar-refractivity contribution in [2.24, 2.45) is 0 Å². The summed E-state index contributed by atoms with van der Waals surface area (Å²) in [7, 11) is 0. The second kappa shape index (κ2) is 5.54. The van der Waals surface area contributed by atoms with Crippen LogP contribution in [0.5, 0.6) is 0 Å². The van der Waals surface area contributed by atoms with Crippen molar-refractivity contribution in [3.8, 4) is 0 Å². The lowest BCUT2D eigenvalue weighted by Gasteiger charge is -2.20. The molecule has 2 heteroatoms. The zero-order chi connectivity index (χ0) is 13.1. The van der Waals surface area contributed by atoms with Gasteiger partial charge in [0.1, 0.15) is 0 Å². The van der Waals surface area contributed by atoms with Gasteiger partial charge in [0.2, 0.25) is 0 Å². The molecule has 1 aromatic carbocycles. The minimum atomic E-state index is 0.954. The molecule has 1 aromatic heterocycles. The zero-order valence-corrected chi connectivity index (χ0v) is 11.5. The molecule has 0 N–H and O–H groups in total. The molecule has 98 valence electrons. The predicted molar refractivity (Wildman–Crippen MR) is 77.9 cm³/mol. The molecule has 19 heavy (non-hydrogen) atoms. The Balaban J connectivity index is 1.76. The van der Waals surface area contributed by atoms with E-state index in [0.717, 1.165) is 25.3 Å². The Morgan fingerprint density at radius 1 is 1.05 bits per heavy atom. The number of pyridine rings is 1. The summed E-state index contributed by atoms with van der Waals surface area (Å²) < 4.78 is 0. The van der Waals surface area contributed by atoms with Crippen molar-refractivity contribution in [1.29, 1.82) is 0 Å². The van der Waals surface area contributed by atoms with Crippen molar-refractivity contribution >= 4 is 0 Å². The van der Waals surface area contributed by atoms with E-state index in [1.165, 1.54) is 29.7 Å². The van der Waals surface area contributed by atoms with E-state index in [0.29, 0.717) is 0 Å². The van der Waals surface area contributed by atoms with Gasteiger partial charge in [-0.2, -0.15) is 0 Å². The third kappa shape index (κ3) is 3.02. The van der Waals surface area contributed by atoms with Crippen LogP contribution in [0, 0.1) is 6.92 Å². The van der Waals surface area contributed by atoms with E-state index in [2.05, 4.69) is 59.3 Å². The first-order valence-corrected chi connectivity index (χ1v) is 7.03. The van der Waals surface area contributed by atoms with Gasteiger partial charge in [-0.25, -0.2) is 0 Å². The van der Waals surface area contributed by atoms with Crippen LogP contribution in [0.4, 0.5) is 0 Å². The summed E-state index contributed by atoms with van der Waals surface area (Å²) in [5, 5.41) is 0. The van der Waals surface area contributed by atoms with E-state index in [1.54, 1.807) is 0 Å². The van der Waals surface area contributed by atoms with Crippen LogP contribution >= 0.6 is 0 Å². The van der Waals surface area contributed by atoms with Crippen molar-refractivity contribution < 1.29 is 0 Å². The molecule has 2 nitrogen and oxygen atoms in total. The van der Waals surface area contributed by atoms with Gasteiger partial charge in [-0.05, 0) is 49.6 Å². The van der Waals surface area contributed by atoms with Gasteiger partial charge in [0, 0.05) is 18.8 Å². The number of aryl methyl sites for hydroxylation is 2. The van der Waals surface area contributed by atoms with Crippen molar-refractivity contribution in [3.05, 3.63) is 65.0 Å². The molecular formula is C17H20N2. The highest BCUT2D eigenvalue weighted by atomic mass is 15.1. The molecule has 0 saturated heterocycles. The average molecular weight is 252 g/mol. The SMILES string of the molecule is Cc1cccc(CN2CCCc3ccccc3C2)n1. The molecule has 0 atom stereocenters. The minimum Gasteiger partial charge on any atom is -0.293 e. The maximum absolute atomic E-state index is 4.61. The third-order valence-electron chi connectivity index (χ3n) is 3.76. The Morgan fingerprint density at radius 2 is 1.89 bits per heavy atom. The fourth-order valence-electron chi connectivity index (χ4n) is 2.82. The predicted octanol–water partition coefficient (Wildman–Crippen LogP) is 3.34. The standard InChI is InChI=1S/C17H20N2/c1-14-6-4-10-17(18-14)13-19-11-5-9-15-7-2-3-8-16(15)12-19/h2-4,6-8,10H,5,9,11-13H2,1H3. The smallest absolute Gasteiger partial charge is 0.0547 e. The summed E-state index contributed by atoms with van der Waals surface area (Å²) in [6.45, 7) is 5.22. The fourth-order valence-corrected chi connectivity index (χ4v) is 2.82. The van der Waals surface area contributed by atoms with Crippen LogP contribution < -0.4 is 0 Å². The minimum absolute atomic E-state index is 0.954. The first kappa shape index (κ1) is 12.4. The Morgan fingerprint density at radius 3 is 2.74 bits per heavy atom. The molecule has 0 unspecified atom stereocenters. The number of hydrogen-bond acceptors (Lipinski definition) is 2.